The normalized spacial score (nSPS) is 10.1. The molecule has 0 aliphatic heterocycles. The number of nitrogens with one attached hydrogen (secondary N) is 1. The van der Waals surface area contributed by atoms with Crippen molar-refractivity contribution in [3.05, 3.63) is 41.6 Å². The van der Waals surface area contributed by atoms with E-state index in [2.05, 4.69) is 15.3 Å². The summed E-state index contributed by atoms with van der Waals surface area (Å²) in [5.41, 5.74) is 6.80. The number of nitrogens with two attached hydrogens (primary N) is 1. The molecule has 9 heteroatoms. The van der Waals surface area contributed by atoms with Crippen LogP contribution in [0, 0.1) is 11.3 Å². The second-order valence-corrected chi connectivity index (χ2v) is 6.41. The molecule has 140 valence electrons. The minimum Gasteiger partial charge on any atom is -0.462 e. The molecule has 1 heterocycles. The maximum atomic E-state index is 12.0. The van der Waals surface area contributed by atoms with Gasteiger partial charge < -0.3 is 15.8 Å². The third kappa shape index (κ3) is 6.27. The molecule has 0 aliphatic carbocycles. The Bertz CT molecular complexity index is 849. The first-order valence-corrected chi connectivity index (χ1v) is 9.24. The van der Waals surface area contributed by atoms with E-state index >= 15 is 0 Å². The van der Waals surface area contributed by atoms with Gasteiger partial charge in [0.05, 0.1) is 24.1 Å². The third-order valence-corrected chi connectivity index (χ3v) is 4.25. The van der Waals surface area contributed by atoms with Gasteiger partial charge in [0.1, 0.15) is 17.5 Å². The molecule has 1 aromatic carbocycles. The predicted octanol–water partition coefficient (Wildman–Crippen LogP) is 2.62. The Balaban J connectivity index is 1.84. The van der Waals surface area contributed by atoms with Crippen LogP contribution in [0.1, 0.15) is 35.7 Å². The quantitative estimate of drug-likeness (QED) is 0.307. The van der Waals surface area contributed by atoms with Crippen LogP contribution in [0.5, 0.6) is 0 Å². The van der Waals surface area contributed by atoms with Crippen molar-refractivity contribution in [2.24, 2.45) is 0 Å². The van der Waals surface area contributed by atoms with Gasteiger partial charge in [-0.05, 0) is 30.7 Å². The van der Waals surface area contributed by atoms with Gasteiger partial charge in [0, 0.05) is 5.69 Å². The van der Waals surface area contributed by atoms with E-state index in [1.807, 2.05) is 13.0 Å². The molecule has 8 nitrogen and oxygen atoms in total. The fourth-order valence-corrected chi connectivity index (χ4v) is 2.57. The summed E-state index contributed by atoms with van der Waals surface area (Å²) in [5.74, 6) is -0.486. The van der Waals surface area contributed by atoms with Crippen LogP contribution >= 0.6 is 11.8 Å². The Kier molecular flexibility index (Phi) is 7.58. The molecule has 2 aromatic rings. The summed E-state index contributed by atoms with van der Waals surface area (Å²) < 4.78 is 5.13. The molecule has 0 spiro atoms. The number of carbonyl (C=O) groups is 2. The highest BCUT2D eigenvalue weighted by Gasteiger charge is 2.10. The highest BCUT2D eigenvalue weighted by Crippen LogP contribution is 2.17. The van der Waals surface area contributed by atoms with E-state index in [0.29, 0.717) is 23.0 Å². The van der Waals surface area contributed by atoms with E-state index in [1.54, 1.807) is 24.3 Å². The van der Waals surface area contributed by atoms with E-state index in [9.17, 15) is 9.59 Å². The summed E-state index contributed by atoms with van der Waals surface area (Å²) in [4.78, 5) is 31.8. The lowest BCUT2D eigenvalue weighted by atomic mass is 10.2. The van der Waals surface area contributed by atoms with E-state index in [1.165, 1.54) is 6.20 Å². The topological polar surface area (TPSA) is 131 Å². The number of aromatic nitrogens is 2. The largest absolute Gasteiger partial charge is 0.462 e. The number of anilines is 2. The lowest BCUT2D eigenvalue weighted by molar-refractivity contribution is -0.113. The monoisotopic (exact) mass is 385 g/mol. The Morgan fingerprint density at radius 3 is 2.70 bits per heavy atom. The first-order valence-electron chi connectivity index (χ1n) is 8.26. The van der Waals surface area contributed by atoms with Crippen LogP contribution in [-0.4, -0.2) is 34.2 Å². The second-order valence-electron chi connectivity index (χ2n) is 5.47. The van der Waals surface area contributed by atoms with Crippen molar-refractivity contribution in [1.82, 2.24) is 9.97 Å². The molecule has 0 saturated heterocycles. The second kappa shape index (κ2) is 10.1. The van der Waals surface area contributed by atoms with Crippen LogP contribution in [0.25, 0.3) is 0 Å². The minimum atomic E-state index is -0.382. The average molecular weight is 385 g/mol. The number of amides is 1. The number of nitrogens with zero attached hydrogens (tertiary/aromatic N) is 3. The van der Waals surface area contributed by atoms with Crippen molar-refractivity contribution in [2.45, 2.75) is 24.9 Å². The van der Waals surface area contributed by atoms with E-state index in [0.717, 1.165) is 24.6 Å². The maximum absolute atomic E-state index is 12.0. The number of benzene rings is 1. The molecular weight excluding hydrogens is 366 g/mol. The van der Waals surface area contributed by atoms with E-state index in [4.69, 9.17) is 15.7 Å². The lowest BCUT2D eigenvalue weighted by Gasteiger charge is -2.07. The molecule has 3 N–H and O–H groups in total. The lowest BCUT2D eigenvalue weighted by Crippen LogP contribution is -2.14. The molecule has 0 radical (unpaired) electrons. The van der Waals surface area contributed by atoms with Crippen LogP contribution in [0.3, 0.4) is 0 Å². The zero-order valence-corrected chi connectivity index (χ0v) is 15.6. The van der Waals surface area contributed by atoms with E-state index in [-0.39, 0.29) is 29.0 Å². The number of hydrogen-bond acceptors (Lipinski definition) is 8. The van der Waals surface area contributed by atoms with Gasteiger partial charge in [-0.15, -0.1) is 0 Å². The predicted molar refractivity (Wildman–Crippen MR) is 102 cm³/mol. The molecule has 0 atom stereocenters. The van der Waals surface area contributed by atoms with Crippen molar-refractivity contribution < 1.29 is 14.3 Å². The number of rotatable bonds is 8. The average Bonchev–Trinajstić information content (AvgIpc) is 2.67. The van der Waals surface area contributed by atoms with Gasteiger partial charge in [-0.2, -0.15) is 5.26 Å². The molecular formula is C18H19N5O3S. The smallest absolute Gasteiger partial charge is 0.338 e. The van der Waals surface area contributed by atoms with Gasteiger partial charge in [0.15, 0.2) is 5.16 Å². The zero-order valence-electron chi connectivity index (χ0n) is 14.8. The number of nitrogen functional groups attached to an aromatic ring is 1. The number of nitriles is 1. The Labute approximate surface area is 161 Å². The zero-order chi connectivity index (χ0) is 19.6. The summed E-state index contributed by atoms with van der Waals surface area (Å²) in [7, 11) is 0. The number of esters is 1. The minimum absolute atomic E-state index is 0.0755. The van der Waals surface area contributed by atoms with Gasteiger partial charge in [-0.25, -0.2) is 14.8 Å². The standard InChI is InChI=1S/C18H19N5O3S/c1-2-3-8-26-17(25)12-4-6-14(7-5-12)22-15(24)11-27-18-21-10-13(9-19)16(20)23-18/h4-7,10H,2-3,8,11H2,1H3,(H,22,24)(H2,20,21,23). The molecule has 0 bridgehead atoms. The molecule has 0 unspecified atom stereocenters. The van der Waals surface area contributed by atoms with Gasteiger partial charge in [0.2, 0.25) is 5.91 Å². The summed E-state index contributed by atoms with van der Waals surface area (Å²) in [6.07, 6.45) is 3.10. The Morgan fingerprint density at radius 2 is 2.07 bits per heavy atom. The molecule has 0 saturated carbocycles. The first kappa shape index (κ1) is 20.2. The summed E-state index contributed by atoms with van der Waals surface area (Å²) in [6, 6.07) is 8.34. The van der Waals surface area contributed by atoms with Crippen molar-refractivity contribution in [2.75, 3.05) is 23.4 Å². The molecule has 0 fully saturated rings. The molecule has 1 amide bonds. The Hall–Kier alpha value is -3.12. The SMILES string of the molecule is CCCCOC(=O)c1ccc(NC(=O)CSc2ncc(C#N)c(N)n2)cc1. The van der Waals surface area contributed by atoms with Crippen molar-refractivity contribution in [3.8, 4) is 6.07 Å². The van der Waals surface area contributed by atoms with Crippen LogP contribution in [-0.2, 0) is 9.53 Å². The van der Waals surface area contributed by atoms with Gasteiger partial charge in [-0.1, -0.05) is 25.1 Å². The number of thioether (sulfide) groups is 1. The van der Waals surface area contributed by atoms with E-state index < -0.39 is 0 Å². The number of unbranched alkanes of at least 4 members (excludes halogenated alkanes) is 1. The van der Waals surface area contributed by atoms with Gasteiger partial charge in [0.25, 0.3) is 0 Å². The fourth-order valence-electron chi connectivity index (χ4n) is 1.94. The molecule has 0 aliphatic rings. The van der Waals surface area contributed by atoms with Crippen molar-refractivity contribution in [3.63, 3.8) is 0 Å². The highest BCUT2D eigenvalue weighted by atomic mass is 32.2. The molecule has 27 heavy (non-hydrogen) atoms. The highest BCUT2D eigenvalue weighted by molar-refractivity contribution is 7.99. The van der Waals surface area contributed by atoms with Crippen molar-refractivity contribution in [1.29, 1.82) is 5.26 Å². The number of ether oxygens (including phenoxy) is 1. The summed E-state index contributed by atoms with van der Waals surface area (Å²) >= 11 is 1.10. The molecule has 2 rings (SSSR count). The van der Waals surface area contributed by atoms with Crippen LogP contribution in [0.4, 0.5) is 11.5 Å². The van der Waals surface area contributed by atoms with Crippen LogP contribution < -0.4 is 11.1 Å². The van der Waals surface area contributed by atoms with Gasteiger partial charge >= 0.3 is 5.97 Å². The fraction of sp³-hybridized carbons (Fsp3) is 0.278. The van der Waals surface area contributed by atoms with Crippen molar-refractivity contribution >= 4 is 35.1 Å². The summed E-state index contributed by atoms with van der Waals surface area (Å²) in [5, 5.41) is 11.8. The molecule has 1 aromatic heterocycles. The van der Waals surface area contributed by atoms with Crippen LogP contribution in [0.15, 0.2) is 35.6 Å². The Morgan fingerprint density at radius 1 is 1.33 bits per heavy atom. The first-order chi connectivity index (χ1) is 13.0. The summed E-state index contributed by atoms with van der Waals surface area (Å²) in [6.45, 7) is 2.42. The third-order valence-electron chi connectivity index (χ3n) is 3.38. The number of carbonyl (C=O) groups excluding carboxylic acids is 2. The van der Waals surface area contributed by atoms with Gasteiger partial charge in [-0.3, -0.25) is 4.79 Å². The maximum Gasteiger partial charge on any atom is 0.338 e. The number of hydrogen-bond donors (Lipinski definition) is 2. The van der Waals surface area contributed by atoms with Crippen LogP contribution in [0.2, 0.25) is 0 Å².